The minimum atomic E-state index is -0.445. The second-order valence-corrected chi connectivity index (χ2v) is 17.5. The van der Waals surface area contributed by atoms with Crippen molar-refractivity contribution < 1.29 is 0 Å². The third kappa shape index (κ3) is 7.00. The first-order valence-electron chi connectivity index (χ1n) is 23.0. The topological polar surface area (TPSA) is 50.7 Å². The molecule has 3 nitrogen and oxygen atoms in total. The number of hydrogen-bond acceptors (Lipinski definition) is 1. The Balaban J connectivity index is 1.04. The van der Waals surface area contributed by atoms with E-state index in [1.807, 2.05) is 12.1 Å². The lowest BCUT2D eigenvalue weighted by Gasteiger charge is -2.30. The highest BCUT2D eigenvalue weighted by Gasteiger charge is 2.51. The minimum Gasteiger partial charge on any atom is -0.383 e. The molecule has 1 spiro atoms. The molecule has 10 aromatic carbocycles. The van der Waals surface area contributed by atoms with Crippen LogP contribution in [0.15, 0.2) is 259 Å². The van der Waals surface area contributed by atoms with Gasteiger partial charge in [0.15, 0.2) is 5.84 Å². The fourth-order valence-electron chi connectivity index (χ4n) is 10.5. The monoisotopic (exact) mass is 855 g/mol. The van der Waals surface area contributed by atoms with E-state index < -0.39 is 5.41 Å². The molecule has 2 aliphatic rings. The molecule has 0 heterocycles. The molecule has 0 bridgehead atoms. The average molecular weight is 856 g/mol. The molecule has 3 heteroatoms. The van der Waals surface area contributed by atoms with E-state index in [-0.39, 0.29) is 0 Å². The summed E-state index contributed by atoms with van der Waals surface area (Å²) in [5.41, 5.74) is 28.7. The summed E-state index contributed by atoms with van der Waals surface area (Å²) in [4.78, 5) is 10.8. The zero-order valence-corrected chi connectivity index (χ0v) is 36.9. The van der Waals surface area contributed by atoms with Crippen LogP contribution in [0.25, 0.3) is 66.8 Å². The smallest absolute Gasteiger partial charge is 0.157 e. The first-order chi connectivity index (χ1) is 33.1. The highest BCUT2D eigenvalue weighted by atomic mass is 15.0. The van der Waals surface area contributed by atoms with Crippen LogP contribution in [0.2, 0.25) is 0 Å². The van der Waals surface area contributed by atoms with Crippen molar-refractivity contribution in [3.8, 4) is 66.8 Å². The Kier molecular flexibility index (Phi) is 9.95. The van der Waals surface area contributed by atoms with Crippen molar-refractivity contribution in [3.63, 3.8) is 0 Å². The number of rotatable bonds is 8. The maximum Gasteiger partial charge on any atom is 0.157 e. The van der Waals surface area contributed by atoms with E-state index in [1.165, 1.54) is 44.5 Å². The molecule has 0 radical (unpaired) electrons. The van der Waals surface area contributed by atoms with Gasteiger partial charge in [-0.05, 0) is 131 Å². The van der Waals surface area contributed by atoms with Gasteiger partial charge in [-0.15, -0.1) is 0 Å². The molecule has 2 N–H and O–H groups in total. The van der Waals surface area contributed by atoms with Crippen LogP contribution < -0.4 is 5.73 Å². The fraction of sp³-hybridized carbons (Fsp3) is 0.0312. The van der Waals surface area contributed by atoms with Crippen LogP contribution in [0.1, 0.15) is 38.9 Å². The van der Waals surface area contributed by atoms with Gasteiger partial charge in [-0.2, -0.15) is 0 Å². The summed E-state index contributed by atoms with van der Waals surface area (Å²) in [6.45, 7) is 0.394. The first-order valence-corrected chi connectivity index (χ1v) is 23.0. The number of amidine groups is 2. The van der Waals surface area contributed by atoms with Crippen LogP contribution in [-0.2, 0) is 12.0 Å². The number of nitrogens with zero attached hydrogens (tertiary/aromatic N) is 2. The Hall–Kier alpha value is -8.66. The molecule has 0 aliphatic heterocycles. The first kappa shape index (κ1) is 39.9. The van der Waals surface area contributed by atoms with E-state index in [4.69, 9.17) is 15.7 Å². The molecule has 67 heavy (non-hydrogen) atoms. The highest BCUT2D eigenvalue weighted by molar-refractivity contribution is 6.12. The van der Waals surface area contributed by atoms with Crippen LogP contribution in [0, 0.1) is 0 Å². The van der Waals surface area contributed by atoms with E-state index in [0.717, 1.165) is 61.2 Å². The van der Waals surface area contributed by atoms with Crippen molar-refractivity contribution in [2.24, 2.45) is 15.7 Å². The minimum absolute atomic E-state index is 0.391. The van der Waals surface area contributed by atoms with Crippen LogP contribution in [0.4, 0.5) is 0 Å². The SMILES string of the molecule is NC(=NC(=NCc1ccc2c(c1)C1(c3ccccc3-c3ccccc31)c1ccccc1-2)c1cc(-c2ccccc2)cc(-c2ccccc2)c1)c1cc(-c2ccccc2)cc(-c2ccccc2)c1. The van der Waals surface area contributed by atoms with Gasteiger partial charge < -0.3 is 5.73 Å². The summed E-state index contributed by atoms with van der Waals surface area (Å²) in [5.74, 6) is 0.955. The van der Waals surface area contributed by atoms with Crippen molar-refractivity contribution in [2.45, 2.75) is 12.0 Å². The van der Waals surface area contributed by atoms with Gasteiger partial charge in [-0.3, -0.25) is 4.99 Å². The number of aliphatic imine (C=N–C) groups is 2. The van der Waals surface area contributed by atoms with Crippen LogP contribution >= 0.6 is 0 Å². The Labute approximate surface area is 392 Å². The Morgan fingerprint density at radius 2 is 0.687 bits per heavy atom. The molecule has 316 valence electrons. The van der Waals surface area contributed by atoms with Gasteiger partial charge in [0.05, 0.1) is 12.0 Å². The molecule has 0 unspecified atom stereocenters. The summed E-state index contributed by atoms with van der Waals surface area (Å²) in [7, 11) is 0. The second-order valence-electron chi connectivity index (χ2n) is 17.5. The number of nitrogens with two attached hydrogens (primary N) is 1. The van der Waals surface area contributed by atoms with Crippen molar-refractivity contribution in [1.82, 2.24) is 0 Å². The van der Waals surface area contributed by atoms with E-state index in [0.29, 0.717) is 18.2 Å². The molecular weight excluding hydrogens is 811 g/mol. The maximum absolute atomic E-state index is 7.26. The van der Waals surface area contributed by atoms with Gasteiger partial charge in [0.2, 0.25) is 0 Å². The molecular formula is C64H45N3. The summed E-state index contributed by atoms with van der Waals surface area (Å²) in [6.07, 6.45) is 0. The predicted octanol–water partition coefficient (Wildman–Crippen LogP) is 15.1. The zero-order valence-electron chi connectivity index (χ0n) is 36.9. The molecule has 0 aromatic heterocycles. The van der Waals surface area contributed by atoms with E-state index in [2.05, 4.69) is 237 Å². The summed E-state index contributed by atoms with van der Waals surface area (Å²) in [6, 6.07) is 88.9. The normalized spacial score (nSPS) is 13.2. The number of hydrogen-bond donors (Lipinski definition) is 1. The maximum atomic E-state index is 7.26. The van der Waals surface area contributed by atoms with Gasteiger partial charge in [0.1, 0.15) is 5.84 Å². The molecule has 0 saturated carbocycles. The lowest BCUT2D eigenvalue weighted by atomic mass is 9.70. The second kappa shape index (κ2) is 16.7. The van der Waals surface area contributed by atoms with Crippen LogP contribution in [0.5, 0.6) is 0 Å². The fourth-order valence-corrected chi connectivity index (χ4v) is 10.5. The summed E-state index contributed by atoms with van der Waals surface area (Å²) in [5, 5.41) is 0. The standard InChI is InChI=1S/C64H45N3/c65-62(52-38-48(44-19-5-1-6-20-44)36-49(39-52)45-21-7-2-8-22-45)67-63(53-40-50(46-23-9-3-10-24-46)37-51(41-53)47-25-11-4-12-26-47)66-42-43-33-34-57-56-29-15-18-32-60(56)64(61(57)35-43)58-30-16-13-27-54(58)55-28-14-17-31-59(55)64/h1-41H,42H2,(H2,65,66,67). The van der Waals surface area contributed by atoms with Crippen LogP contribution in [-0.4, -0.2) is 11.7 Å². The Bertz CT molecular complexity index is 3360. The Morgan fingerprint density at radius 1 is 0.328 bits per heavy atom. The van der Waals surface area contributed by atoms with E-state index in [9.17, 15) is 0 Å². The molecule has 12 rings (SSSR count). The van der Waals surface area contributed by atoms with Crippen LogP contribution in [0.3, 0.4) is 0 Å². The van der Waals surface area contributed by atoms with Crippen molar-refractivity contribution in [2.75, 3.05) is 0 Å². The Morgan fingerprint density at radius 3 is 1.10 bits per heavy atom. The predicted molar refractivity (Wildman–Crippen MR) is 278 cm³/mol. The molecule has 0 amide bonds. The number of fused-ring (bicyclic) bond motifs is 10. The lowest BCUT2D eigenvalue weighted by Crippen LogP contribution is -2.26. The molecule has 0 fully saturated rings. The van der Waals surface area contributed by atoms with Gasteiger partial charge in [0, 0.05) is 11.1 Å². The lowest BCUT2D eigenvalue weighted by molar-refractivity contribution is 0.791. The third-order valence-corrected chi connectivity index (χ3v) is 13.5. The molecule has 0 saturated heterocycles. The average Bonchev–Trinajstić information content (AvgIpc) is 3.87. The summed E-state index contributed by atoms with van der Waals surface area (Å²) >= 11 is 0. The third-order valence-electron chi connectivity index (χ3n) is 13.5. The van der Waals surface area contributed by atoms with Gasteiger partial charge in [-0.1, -0.05) is 212 Å². The van der Waals surface area contributed by atoms with Gasteiger partial charge in [0.25, 0.3) is 0 Å². The van der Waals surface area contributed by atoms with E-state index in [1.54, 1.807) is 0 Å². The summed E-state index contributed by atoms with van der Waals surface area (Å²) < 4.78 is 0. The van der Waals surface area contributed by atoms with Crippen molar-refractivity contribution in [3.05, 3.63) is 288 Å². The molecule has 0 atom stereocenters. The van der Waals surface area contributed by atoms with Crippen molar-refractivity contribution >= 4 is 11.7 Å². The van der Waals surface area contributed by atoms with Gasteiger partial charge in [-0.25, -0.2) is 4.99 Å². The van der Waals surface area contributed by atoms with Gasteiger partial charge >= 0.3 is 0 Å². The van der Waals surface area contributed by atoms with Crippen molar-refractivity contribution in [1.29, 1.82) is 0 Å². The largest absolute Gasteiger partial charge is 0.383 e. The number of benzene rings is 10. The van der Waals surface area contributed by atoms with E-state index >= 15 is 0 Å². The highest BCUT2D eigenvalue weighted by Crippen LogP contribution is 2.62. The zero-order chi connectivity index (χ0) is 44.7. The quantitative estimate of drug-likeness (QED) is 0.120. The molecule has 10 aromatic rings. The molecule has 2 aliphatic carbocycles.